The number of hydrogen-bond donors (Lipinski definition) is 0. The lowest BCUT2D eigenvalue weighted by Crippen LogP contribution is -2.07. The van der Waals surface area contributed by atoms with Gasteiger partial charge in [0.2, 0.25) is 4.73 Å². The molecular weight excluding hydrogens is 337 g/mol. The van der Waals surface area contributed by atoms with E-state index in [4.69, 9.17) is 16.3 Å². The van der Waals surface area contributed by atoms with Gasteiger partial charge >= 0.3 is 6.01 Å². The zero-order valence-electron chi connectivity index (χ0n) is 10.4. The number of benzene rings is 1. The number of rotatable bonds is 4. The molecular formula is C12H12BrClFN3O. The van der Waals surface area contributed by atoms with Gasteiger partial charge in [-0.05, 0) is 34.0 Å². The largest absolute Gasteiger partial charge is 0.424 e. The average molecular weight is 349 g/mol. The zero-order chi connectivity index (χ0) is 14.0. The van der Waals surface area contributed by atoms with Gasteiger partial charge in [0.05, 0.1) is 0 Å². The van der Waals surface area contributed by atoms with Gasteiger partial charge in [-0.25, -0.2) is 9.07 Å². The first-order valence-corrected chi connectivity index (χ1v) is 6.85. The molecule has 0 fully saturated rings. The molecule has 0 radical (unpaired) electrons. The van der Waals surface area contributed by atoms with Crippen LogP contribution < -0.4 is 4.74 Å². The molecule has 0 spiro atoms. The minimum atomic E-state index is -0.462. The molecule has 0 unspecified atom stereocenters. The predicted molar refractivity (Wildman–Crippen MR) is 74.0 cm³/mol. The molecule has 0 aliphatic heterocycles. The Balaban J connectivity index is 2.27. The van der Waals surface area contributed by atoms with Crippen LogP contribution in [0.1, 0.15) is 13.8 Å². The molecule has 2 rings (SSSR count). The van der Waals surface area contributed by atoms with E-state index in [9.17, 15) is 4.39 Å². The highest BCUT2D eigenvalue weighted by Crippen LogP contribution is 2.25. The maximum atomic E-state index is 13.2. The van der Waals surface area contributed by atoms with Crippen molar-refractivity contribution >= 4 is 27.5 Å². The van der Waals surface area contributed by atoms with Crippen molar-refractivity contribution in [3.05, 3.63) is 33.8 Å². The number of nitrogens with zero attached hydrogens (tertiary/aromatic N) is 3. The van der Waals surface area contributed by atoms with Crippen molar-refractivity contribution in [2.75, 3.05) is 0 Å². The highest BCUT2D eigenvalue weighted by atomic mass is 79.9. The van der Waals surface area contributed by atoms with Crippen LogP contribution in [-0.2, 0) is 6.54 Å². The Labute approximate surface area is 123 Å². The summed E-state index contributed by atoms with van der Waals surface area (Å²) in [4.78, 5) is 4.10. The van der Waals surface area contributed by atoms with Gasteiger partial charge in [-0.2, -0.15) is 4.98 Å². The Morgan fingerprint density at radius 2 is 2.16 bits per heavy atom. The van der Waals surface area contributed by atoms with Crippen LogP contribution >= 0.6 is 27.5 Å². The highest BCUT2D eigenvalue weighted by Gasteiger charge is 2.12. The molecule has 0 bridgehead atoms. The van der Waals surface area contributed by atoms with Gasteiger partial charge in [0, 0.05) is 17.6 Å². The molecule has 1 aromatic carbocycles. The molecule has 0 saturated heterocycles. The number of hydrogen-bond acceptors (Lipinski definition) is 3. The summed E-state index contributed by atoms with van der Waals surface area (Å²) < 4.78 is 20.8. The van der Waals surface area contributed by atoms with Crippen molar-refractivity contribution in [1.29, 1.82) is 0 Å². The molecule has 0 atom stereocenters. The van der Waals surface area contributed by atoms with E-state index in [1.807, 2.05) is 0 Å². The predicted octanol–water partition coefficient (Wildman–Crippen LogP) is 4.28. The first-order chi connectivity index (χ1) is 8.94. The van der Waals surface area contributed by atoms with Gasteiger partial charge in [0.25, 0.3) is 0 Å². The summed E-state index contributed by atoms with van der Waals surface area (Å²) in [7, 11) is 0. The average Bonchev–Trinajstić information content (AvgIpc) is 2.56. The fourth-order valence-corrected chi connectivity index (χ4v) is 2.09. The van der Waals surface area contributed by atoms with Gasteiger partial charge < -0.3 is 4.74 Å². The van der Waals surface area contributed by atoms with E-state index in [1.54, 1.807) is 4.68 Å². The van der Waals surface area contributed by atoms with Crippen molar-refractivity contribution < 1.29 is 9.13 Å². The van der Waals surface area contributed by atoms with E-state index in [0.29, 0.717) is 23.2 Å². The second-order valence-corrected chi connectivity index (χ2v) is 5.59. The van der Waals surface area contributed by atoms with Crippen LogP contribution in [-0.4, -0.2) is 14.8 Å². The van der Waals surface area contributed by atoms with Crippen molar-refractivity contribution in [3.63, 3.8) is 0 Å². The Hall–Kier alpha value is -1.14. The summed E-state index contributed by atoms with van der Waals surface area (Å²) >= 11 is 8.97. The van der Waals surface area contributed by atoms with Crippen LogP contribution in [0.25, 0.3) is 0 Å². The lowest BCUT2D eigenvalue weighted by Gasteiger charge is -2.09. The van der Waals surface area contributed by atoms with E-state index in [2.05, 4.69) is 39.9 Å². The Morgan fingerprint density at radius 1 is 1.42 bits per heavy atom. The van der Waals surface area contributed by atoms with Crippen LogP contribution in [0, 0.1) is 11.7 Å². The topological polar surface area (TPSA) is 39.9 Å². The quantitative estimate of drug-likeness (QED) is 0.828. The van der Waals surface area contributed by atoms with Gasteiger partial charge in [0.1, 0.15) is 11.6 Å². The van der Waals surface area contributed by atoms with Crippen molar-refractivity contribution in [2.24, 2.45) is 5.92 Å². The third-order valence-electron chi connectivity index (χ3n) is 2.20. The van der Waals surface area contributed by atoms with Gasteiger partial charge in [-0.15, -0.1) is 5.10 Å². The maximum absolute atomic E-state index is 13.2. The van der Waals surface area contributed by atoms with Crippen LogP contribution in [0.4, 0.5) is 4.39 Å². The highest BCUT2D eigenvalue weighted by molar-refractivity contribution is 9.10. The van der Waals surface area contributed by atoms with E-state index in [-0.39, 0.29) is 10.8 Å². The van der Waals surface area contributed by atoms with Gasteiger partial charge in [-0.1, -0.05) is 25.4 Å². The van der Waals surface area contributed by atoms with E-state index in [0.717, 1.165) is 0 Å². The summed E-state index contributed by atoms with van der Waals surface area (Å²) in [5, 5.41) is 4.43. The third-order valence-corrected chi connectivity index (χ3v) is 2.75. The smallest absolute Gasteiger partial charge is 0.321 e. The summed E-state index contributed by atoms with van der Waals surface area (Å²) in [6, 6.07) is 4.27. The van der Waals surface area contributed by atoms with E-state index in [1.165, 1.54) is 18.2 Å². The third kappa shape index (κ3) is 3.91. The molecule has 0 amide bonds. The van der Waals surface area contributed by atoms with Crippen LogP contribution in [0.5, 0.6) is 11.8 Å². The summed E-state index contributed by atoms with van der Waals surface area (Å²) in [5.41, 5.74) is 0. The van der Waals surface area contributed by atoms with E-state index >= 15 is 0 Å². The molecule has 0 N–H and O–H groups in total. The van der Waals surface area contributed by atoms with Crippen molar-refractivity contribution in [3.8, 4) is 11.8 Å². The van der Waals surface area contributed by atoms with Crippen molar-refractivity contribution in [2.45, 2.75) is 20.4 Å². The lowest BCUT2D eigenvalue weighted by atomic mass is 10.2. The van der Waals surface area contributed by atoms with Crippen molar-refractivity contribution in [1.82, 2.24) is 14.8 Å². The SMILES string of the molecule is CC(C)Cn1nc(Br)nc1Oc1cc(F)cc(Cl)c1. The Kier molecular flexibility index (Phi) is 4.42. The monoisotopic (exact) mass is 347 g/mol. The fraction of sp³-hybridized carbons (Fsp3) is 0.333. The van der Waals surface area contributed by atoms with Crippen LogP contribution in [0.3, 0.4) is 0 Å². The van der Waals surface area contributed by atoms with Crippen LogP contribution in [0.15, 0.2) is 22.9 Å². The molecule has 4 nitrogen and oxygen atoms in total. The molecule has 19 heavy (non-hydrogen) atoms. The minimum absolute atomic E-state index is 0.268. The Morgan fingerprint density at radius 3 is 2.79 bits per heavy atom. The zero-order valence-corrected chi connectivity index (χ0v) is 12.7. The molecule has 102 valence electrons. The van der Waals surface area contributed by atoms with E-state index < -0.39 is 5.82 Å². The van der Waals surface area contributed by atoms with Gasteiger partial charge in [-0.3, -0.25) is 0 Å². The summed E-state index contributed by atoms with van der Waals surface area (Å²) in [5.74, 6) is 0.207. The molecule has 0 aliphatic carbocycles. The Bertz CT molecular complexity index is 568. The molecule has 0 saturated carbocycles. The normalized spacial score (nSPS) is 11.1. The number of halogens is 3. The number of ether oxygens (including phenoxy) is 1. The summed E-state index contributed by atoms with van der Waals surface area (Å²) in [6.07, 6.45) is 0. The molecule has 7 heteroatoms. The molecule has 1 heterocycles. The lowest BCUT2D eigenvalue weighted by molar-refractivity contribution is 0.370. The first-order valence-electron chi connectivity index (χ1n) is 5.68. The minimum Gasteiger partial charge on any atom is -0.424 e. The van der Waals surface area contributed by atoms with Crippen LogP contribution in [0.2, 0.25) is 5.02 Å². The molecule has 2 aromatic rings. The second kappa shape index (κ2) is 5.88. The summed E-state index contributed by atoms with van der Waals surface area (Å²) in [6.45, 7) is 4.76. The maximum Gasteiger partial charge on any atom is 0.321 e. The molecule has 1 aromatic heterocycles. The number of aromatic nitrogens is 3. The molecule has 0 aliphatic rings. The standard InChI is InChI=1S/C12H12BrClFN3O/c1-7(2)6-18-12(16-11(13)17-18)19-10-4-8(14)3-9(15)5-10/h3-5,7H,6H2,1-2H3. The first kappa shape index (κ1) is 14.3. The fourth-order valence-electron chi connectivity index (χ4n) is 1.53. The van der Waals surface area contributed by atoms with Gasteiger partial charge in [0.15, 0.2) is 0 Å². The second-order valence-electron chi connectivity index (χ2n) is 4.45.